The molecule has 1 saturated carbocycles. The van der Waals surface area contributed by atoms with E-state index < -0.39 is 29.6 Å². The van der Waals surface area contributed by atoms with Crippen molar-refractivity contribution < 1.29 is 32.2 Å². The summed E-state index contributed by atoms with van der Waals surface area (Å²) in [6.45, 7) is 0.423. The van der Waals surface area contributed by atoms with Crippen molar-refractivity contribution in [3.05, 3.63) is 86.5 Å². The Labute approximate surface area is 231 Å². The van der Waals surface area contributed by atoms with Crippen molar-refractivity contribution in [2.45, 2.75) is 43.7 Å². The van der Waals surface area contributed by atoms with Gasteiger partial charge in [-0.3, -0.25) is 9.59 Å². The molecule has 2 aliphatic rings. The summed E-state index contributed by atoms with van der Waals surface area (Å²) in [5.74, 6) is -1.17. The lowest BCUT2D eigenvalue weighted by atomic mass is 9.92. The average molecular weight is 572 g/mol. The SMILES string of the molecule is O=NC(=O)[C@@H]1CCOc2cc(Oc3c#cc(C(=O)NCCc4ccc(C(F)(F)F)nc4C4CC4)cc3)c(Cl)cc21. The van der Waals surface area contributed by atoms with E-state index in [9.17, 15) is 27.7 Å². The van der Waals surface area contributed by atoms with Gasteiger partial charge >= 0.3 is 6.18 Å². The second kappa shape index (κ2) is 11.1. The molecule has 8 nitrogen and oxygen atoms in total. The lowest BCUT2D eigenvalue weighted by Crippen LogP contribution is -2.26. The number of pyridine rings is 1. The third-order valence-electron chi connectivity index (χ3n) is 6.62. The number of rotatable bonds is 8. The number of hydrogen-bond acceptors (Lipinski definition) is 6. The standard InChI is InChI=1S/C28H21ClF3N3O5/c29-21-13-20-19(27(37)35-38)10-12-39-22(20)14-23(21)40-18-6-3-17(4-7-18)26(36)33-11-9-16-5-8-24(28(30,31)32)34-25(16)15-1-2-15/h3,5-6,8,13-15,19H,1-2,9-12H2,(H,33,36)/t19-/m1/s1. The van der Waals surface area contributed by atoms with Crippen molar-refractivity contribution in [3.8, 4) is 17.2 Å². The highest BCUT2D eigenvalue weighted by Crippen LogP contribution is 2.43. The van der Waals surface area contributed by atoms with Crippen LogP contribution in [0.3, 0.4) is 0 Å². The first-order chi connectivity index (χ1) is 19.1. The summed E-state index contributed by atoms with van der Waals surface area (Å²) in [6.07, 6.45) is -2.26. The molecular formula is C28H21ClF3N3O5. The van der Waals surface area contributed by atoms with Gasteiger partial charge in [0.15, 0.2) is 11.5 Å². The van der Waals surface area contributed by atoms with Crippen molar-refractivity contribution in [1.29, 1.82) is 0 Å². The Balaban J connectivity index is 1.20. The molecule has 1 atom stereocenters. The summed E-state index contributed by atoms with van der Waals surface area (Å²) in [5.41, 5.74) is 0.849. The summed E-state index contributed by atoms with van der Waals surface area (Å²) in [6, 6.07) is 13.8. The van der Waals surface area contributed by atoms with Gasteiger partial charge in [0.1, 0.15) is 11.4 Å². The summed E-state index contributed by atoms with van der Waals surface area (Å²) >= 11 is 6.33. The first-order valence-corrected chi connectivity index (χ1v) is 12.8. The fourth-order valence-corrected chi connectivity index (χ4v) is 4.67. The Hall–Kier alpha value is -4.17. The number of nitroso groups, excluding NO2 is 1. The number of carbonyl (C=O) groups excluding carboxylic acids is 2. The topological polar surface area (TPSA) is 107 Å². The van der Waals surface area contributed by atoms with Crippen molar-refractivity contribution in [2.24, 2.45) is 5.18 Å². The monoisotopic (exact) mass is 571 g/mol. The van der Waals surface area contributed by atoms with Gasteiger partial charge in [0.25, 0.3) is 11.8 Å². The van der Waals surface area contributed by atoms with E-state index in [-0.39, 0.29) is 41.2 Å². The zero-order valence-corrected chi connectivity index (χ0v) is 21.6. The third kappa shape index (κ3) is 6.02. The molecule has 0 bridgehead atoms. The zero-order chi connectivity index (χ0) is 28.4. The predicted molar refractivity (Wildman–Crippen MR) is 137 cm³/mol. The molecule has 0 spiro atoms. The number of amides is 2. The van der Waals surface area contributed by atoms with E-state index in [1.165, 1.54) is 30.3 Å². The molecular weight excluding hydrogens is 551 g/mol. The maximum Gasteiger partial charge on any atom is 0.433 e. The molecule has 40 heavy (non-hydrogen) atoms. The predicted octanol–water partition coefficient (Wildman–Crippen LogP) is 6.16. The van der Waals surface area contributed by atoms with Crippen molar-refractivity contribution >= 4 is 23.4 Å². The number of fused-ring (bicyclic) bond motifs is 1. The number of nitrogens with one attached hydrogen (secondary N) is 1. The van der Waals surface area contributed by atoms with Gasteiger partial charge in [0, 0.05) is 35.0 Å². The smallest absolute Gasteiger partial charge is 0.433 e. The minimum absolute atomic E-state index is 0.0240. The van der Waals surface area contributed by atoms with Crippen LogP contribution in [-0.2, 0) is 17.4 Å². The number of aromatic nitrogens is 1. The minimum atomic E-state index is -4.50. The highest BCUT2D eigenvalue weighted by Gasteiger charge is 2.35. The molecule has 0 unspecified atom stereocenters. The summed E-state index contributed by atoms with van der Waals surface area (Å²) in [4.78, 5) is 39.0. The van der Waals surface area contributed by atoms with E-state index in [1.54, 1.807) is 0 Å². The number of alkyl halides is 3. The van der Waals surface area contributed by atoms with Gasteiger partial charge in [-0.15, -0.1) is 4.91 Å². The zero-order valence-electron chi connectivity index (χ0n) is 20.8. The summed E-state index contributed by atoms with van der Waals surface area (Å²) in [7, 11) is 0. The van der Waals surface area contributed by atoms with Gasteiger partial charge in [-0.1, -0.05) is 23.7 Å². The van der Waals surface area contributed by atoms with Gasteiger partial charge in [0.2, 0.25) is 0 Å². The van der Waals surface area contributed by atoms with E-state index >= 15 is 0 Å². The van der Waals surface area contributed by atoms with Crippen molar-refractivity contribution in [1.82, 2.24) is 10.3 Å². The largest absolute Gasteiger partial charge is 0.493 e. The Morgan fingerprint density at radius 1 is 1.15 bits per heavy atom. The molecule has 12 heteroatoms. The van der Waals surface area contributed by atoms with Crippen LogP contribution in [0, 0.1) is 17.0 Å². The molecule has 1 fully saturated rings. The van der Waals surface area contributed by atoms with Crippen molar-refractivity contribution in [2.75, 3.05) is 13.2 Å². The van der Waals surface area contributed by atoms with Crippen LogP contribution in [0.5, 0.6) is 17.2 Å². The maximum atomic E-state index is 13.0. The molecule has 2 heterocycles. The molecule has 2 amide bonds. The summed E-state index contributed by atoms with van der Waals surface area (Å²) < 4.78 is 50.5. The normalized spacial score (nSPS) is 16.2. The Kier molecular flexibility index (Phi) is 7.63. The van der Waals surface area contributed by atoms with Crippen LogP contribution in [0.15, 0.2) is 41.6 Å². The number of ether oxygens (including phenoxy) is 2. The van der Waals surface area contributed by atoms with E-state index in [0.29, 0.717) is 35.4 Å². The molecule has 3 aromatic rings. The number of hydrogen-bond donors (Lipinski definition) is 1. The van der Waals surface area contributed by atoms with Crippen LogP contribution in [0.4, 0.5) is 13.2 Å². The van der Waals surface area contributed by atoms with Crippen molar-refractivity contribution in [3.63, 3.8) is 0 Å². The molecule has 2 aromatic carbocycles. The van der Waals surface area contributed by atoms with Gasteiger partial charge < -0.3 is 14.8 Å². The molecule has 1 aromatic heterocycles. The number of benzene rings is 1. The van der Waals surface area contributed by atoms with Crippen LogP contribution in [0.1, 0.15) is 64.0 Å². The molecule has 1 N–H and O–H groups in total. The molecule has 0 radical (unpaired) electrons. The van der Waals surface area contributed by atoms with E-state index in [1.807, 2.05) is 0 Å². The second-order valence-corrected chi connectivity index (χ2v) is 9.83. The maximum absolute atomic E-state index is 13.0. The van der Waals surface area contributed by atoms with Gasteiger partial charge in [-0.2, -0.15) is 13.2 Å². The lowest BCUT2D eigenvalue weighted by Gasteiger charge is -2.24. The van der Waals surface area contributed by atoms with E-state index in [4.69, 9.17) is 21.1 Å². The lowest BCUT2D eigenvalue weighted by molar-refractivity contribution is -0.141. The Morgan fingerprint density at radius 2 is 1.95 bits per heavy atom. The molecule has 1 aliphatic heterocycles. The fraction of sp³-hybridized carbons (Fsp3) is 0.321. The average Bonchev–Trinajstić information content (AvgIpc) is 3.78. The highest BCUT2D eigenvalue weighted by molar-refractivity contribution is 6.32. The van der Waals surface area contributed by atoms with Crippen LogP contribution < -0.4 is 14.8 Å². The fourth-order valence-electron chi connectivity index (χ4n) is 4.46. The number of halogens is 4. The first-order valence-electron chi connectivity index (χ1n) is 12.4. The minimum Gasteiger partial charge on any atom is -0.493 e. The van der Waals surface area contributed by atoms with Gasteiger partial charge in [-0.05, 0) is 61.6 Å². The van der Waals surface area contributed by atoms with Gasteiger partial charge in [-0.25, -0.2) is 4.98 Å². The third-order valence-corrected chi connectivity index (χ3v) is 6.92. The molecule has 206 valence electrons. The number of carbonyl (C=O) groups is 2. The highest BCUT2D eigenvalue weighted by atomic mass is 35.5. The van der Waals surface area contributed by atoms with Gasteiger partial charge in [0.05, 0.1) is 23.1 Å². The molecule has 1 aliphatic carbocycles. The second-order valence-electron chi connectivity index (χ2n) is 9.42. The van der Waals surface area contributed by atoms with E-state index in [0.717, 1.165) is 18.9 Å². The van der Waals surface area contributed by atoms with Crippen LogP contribution in [0.2, 0.25) is 5.02 Å². The Bertz CT molecular complexity index is 1460. The van der Waals surface area contributed by atoms with E-state index in [2.05, 4.69) is 27.6 Å². The molecule has 5 rings (SSSR count). The first kappa shape index (κ1) is 27.4. The Morgan fingerprint density at radius 3 is 2.62 bits per heavy atom. The summed E-state index contributed by atoms with van der Waals surface area (Å²) in [5, 5.41) is 5.42. The van der Waals surface area contributed by atoms with Crippen LogP contribution in [-0.4, -0.2) is 29.9 Å². The van der Waals surface area contributed by atoms with Crippen LogP contribution >= 0.6 is 11.6 Å². The number of nitrogens with zero attached hydrogens (tertiary/aromatic N) is 2. The molecule has 0 saturated heterocycles. The van der Waals surface area contributed by atoms with Crippen LogP contribution in [0.25, 0.3) is 0 Å². The quantitative estimate of drug-likeness (QED) is 0.325.